The molecule has 2 aromatic rings. The third-order valence-electron chi connectivity index (χ3n) is 2.84. The molecule has 1 N–H and O–H groups in total. The highest BCUT2D eigenvalue weighted by Gasteiger charge is 2.22. The smallest absolute Gasteiger partial charge is 0.345 e. The van der Waals surface area contributed by atoms with Gasteiger partial charge < -0.3 is 9.72 Å². The SMILES string of the molecule is C=COC(=O)c1c[nH]c(C#N)c1-c1ccc([N+](=O)[O-])c(Cl)c1. The summed E-state index contributed by atoms with van der Waals surface area (Å²) in [7, 11) is 0. The third kappa shape index (κ3) is 2.68. The summed E-state index contributed by atoms with van der Waals surface area (Å²) in [5, 5.41) is 19.8. The molecule has 1 aromatic carbocycles. The number of carbonyl (C=O) groups is 1. The molecule has 0 aliphatic rings. The van der Waals surface area contributed by atoms with Crippen LogP contribution >= 0.6 is 11.6 Å². The first kappa shape index (κ1) is 15.3. The molecule has 0 bridgehead atoms. The van der Waals surface area contributed by atoms with Crippen molar-refractivity contribution in [3.63, 3.8) is 0 Å². The third-order valence-corrected chi connectivity index (χ3v) is 3.14. The fourth-order valence-corrected chi connectivity index (χ4v) is 2.17. The number of nitriles is 1. The lowest BCUT2D eigenvalue weighted by Crippen LogP contribution is -2.01. The van der Waals surface area contributed by atoms with Crippen molar-refractivity contribution in [2.75, 3.05) is 0 Å². The molecule has 0 aliphatic carbocycles. The molecule has 7 nitrogen and oxygen atoms in total. The Hall–Kier alpha value is -3.11. The lowest BCUT2D eigenvalue weighted by molar-refractivity contribution is -0.384. The zero-order valence-electron chi connectivity index (χ0n) is 11.0. The Labute approximate surface area is 129 Å². The standard InChI is InChI=1S/C14H8ClN3O4/c1-2-22-14(19)9-7-17-11(6-16)13(9)8-3-4-12(18(20)21)10(15)5-8/h2-5,7,17H,1H2. The van der Waals surface area contributed by atoms with Crippen molar-refractivity contribution in [1.82, 2.24) is 4.98 Å². The van der Waals surface area contributed by atoms with Gasteiger partial charge in [-0.15, -0.1) is 0 Å². The van der Waals surface area contributed by atoms with Crippen molar-refractivity contribution in [2.45, 2.75) is 0 Å². The number of carbonyl (C=O) groups excluding carboxylic acids is 1. The highest BCUT2D eigenvalue weighted by Crippen LogP contribution is 2.33. The predicted octanol–water partition coefficient (Wildman–Crippen LogP) is 3.42. The van der Waals surface area contributed by atoms with Gasteiger partial charge in [0.15, 0.2) is 0 Å². The molecule has 22 heavy (non-hydrogen) atoms. The van der Waals surface area contributed by atoms with Crippen LogP contribution in [0, 0.1) is 21.4 Å². The minimum Gasteiger partial charge on any atom is -0.431 e. The number of aromatic nitrogens is 1. The van der Waals surface area contributed by atoms with Gasteiger partial charge in [0.1, 0.15) is 16.8 Å². The molecule has 0 saturated carbocycles. The molecule has 1 heterocycles. The van der Waals surface area contributed by atoms with Crippen LogP contribution in [0.15, 0.2) is 37.2 Å². The van der Waals surface area contributed by atoms with Crippen molar-refractivity contribution in [3.8, 4) is 17.2 Å². The molecule has 0 atom stereocenters. The van der Waals surface area contributed by atoms with E-state index in [-0.39, 0.29) is 27.5 Å². The lowest BCUT2D eigenvalue weighted by atomic mass is 10.0. The fraction of sp³-hybridized carbons (Fsp3) is 0. The predicted molar refractivity (Wildman–Crippen MR) is 78.2 cm³/mol. The minimum absolute atomic E-state index is 0.0985. The van der Waals surface area contributed by atoms with Crippen LogP contribution < -0.4 is 0 Å². The molecule has 0 radical (unpaired) electrons. The van der Waals surface area contributed by atoms with Crippen LogP contribution in [0.5, 0.6) is 0 Å². The van der Waals surface area contributed by atoms with Crippen LogP contribution in [0.2, 0.25) is 5.02 Å². The fourth-order valence-electron chi connectivity index (χ4n) is 1.92. The minimum atomic E-state index is -0.711. The first-order valence-corrected chi connectivity index (χ1v) is 6.25. The normalized spacial score (nSPS) is 9.82. The monoisotopic (exact) mass is 317 g/mol. The number of benzene rings is 1. The highest BCUT2D eigenvalue weighted by molar-refractivity contribution is 6.33. The van der Waals surface area contributed by atoms with Crippen LogP contribution in [0.4, 0.5) is 5.69 Å². The quantitative estimate of drug-likeness (QED) is 0.402. The van der Waals surface area contributed by atoms with E-state index in [1.807, 2.05) is 6.07 Å². The second kappa shape index (κ2) is 6.11. The molecular formula is C14H8ClN3O4. The zero-order valence-corrected chi connectivity index (χ0v) is 11.8. The molecule has 8 heteroatoms. The largest absolute Gasteiger partial charge is 0.431 e. The Kier molecular flexibility index (Phi) is 4.25. The van der Waals surface area contributed by atoms with Gasteiger partial charge in [-0.05, 0) is 17.7 Å². The van der Waals surface area contributed by atoms with Gasteiger partial charge in [-0.25, -0.2) is 4.79 Å². The maximum Gasteiger partial charge on any atom is 0.345 e. The average Bonchev–Trinajstić information content (AvgIpc) is 2.90. The maximum atomic E-state index is 11.9. The van der Waals surface area contributed by atoms with E-state index >= 15 is 0 Å². The van der Waals surface area contributed by atoms with Crippen LogP contribution in [0.1, 0.15) is 16.1 Å². The summed E-state index contributed by atoms with van der Waals surface area (Å²) in [6.45, 7) is 3.29. The van der Waals surface area contributed by atoms with E-state index in [0.29, 0.717) is 5.56 Å². The number of nitrogens with one attached hydrogen (secondary N) is 1. The summed E-state index contributed by atoms with van der Waals surface area (Å²) in [5.74, 6) is -0.711. The topological polar surface area (TPSA) is 109 Å². The number of nitrogens with zero attached hydrogens (tertiary/aromatic N) is 2. The lowest BCUT2D eigenvalue weighted by Gasteiger charge is -2.05. The first-order chi connectivity index (χ1) is 10.5. The molecular weight excluding hydrogens is 310 g/mol. The number of rotatable bonds is 4. The molecule has 0 saturated heterocycles. The van der Waals surface area contributed by atoms with Gasteiger partial charge in [-0.2, -0.15) is 5.26 Å². The highest BCUT2D eigenvalue weighted by atomic mass is 35.5. The average molecular weight is 318 g/mol. The number of aromatic amines is 1. The van der Waals surface area contributed by atoms with Crippen LogP contribution in [-0.2, 0) is 4.74 Å². The summed E-state index contributed by atoms with van der Waals surface area (Å²) in [6.07, 6.45) is 2.28. The van der Waals surface area contributed by atoms with Crippen LogP contribution in [-0.4, -0.2) is 15.9 Å². The number of halogens is 1. The van der Waals surface area contributed by atoms with Gasteiger partial charge >= 0.3 is 5.97 Å². The van der Waals surface area contributed by atoms with Crippen molar-refractivity contribution >= 4 is 23.3 Å². The molecule has 1 aromatic heterocycles. The Morgan fingerprint density at radius 3 is 2.82 bits per heavy atom. The molecule has 0 spiro atoms. The van der Waals surface area contributed by atoms with E-state index in [1.54, 1.807) is 0 Å². The summed E-state index contributed by atoms with van der Waals surface area (Å²) in [5.41, 5.74) is 0.576. The Bertz CT molecular complexity index is 820. The summed E-state index contributed by atoms with van der Waals surface area (Å²) < 4.78 is 4.69. The summed E-state index contributed by atoms with van der Waals surface area (Å²) in [6, 6.07) is 5.82. The summed E-state index contributed by atoms with van der Waals surface area (Å²) in [4.78, 5) is 24.7. The van der Waals surface area contributed by atoms with Gasteiger partial charge in [0, 0.05) is 17.8 Å². The Balaban J connectivity index is 2.61. The van der Waals surface area contributed by atoms with Gasteiger partial charge in [0.2, 0.25) is 0 Å². The number of hydrogen-bond acceptors (Lipinski definition) is 5. The molecule has 0 aliphatic heterocycles. The number of nitro benzene ring substituents is 1. The molecule has 110 valence electrons. The Morgan fingerprint density at radius 1 is 1.55 bits per heavy atom. The van der Waals surface area contributed by atoms with Gasteiger partial charge in [0.05, 0.1) is 16.7 Å². The maximum absolute atomic E-state index is 11.9. The van der Waals surface area contributed by atoms with Crippen LogP contribution in [0.25, 0.3) is 11.1 Å². The van der Waals surface area contributed by atoms with Gasteiger partial charge in [0.25, 0.3) is 5.69 Å². The van der Waals surface area contributed by atoms with Gasteiger partial charge in [-0.1, -0.05) is 18.2 Å². The number of esters is 1. The van der Waals surface area contributed by atoms with Crippen molar-refractivity contribution in [3.05, 3.63) is 63.6 Å². The molecule has 0 fully saturated rings. The Morgan fingerprint density at radius 2 is 2.27 bits per heavy atom. The van der Waals surface area contributed by atoms with Crippen LogP contribution in [0.3, 0.4) is 0 Å². The van der Waals surface area contributed by atoms with Crippen molar-refractivity contribution < 1.29 is 14.5 Å². The second-order valence-corrected chi connectivity index (χ2v) is 4.47. The number of H-pyrrole nitrogens is 1. The zero-order chi connectivity index (χ0) is 16.3. The number of nitro groups is 1. The first-order valence-electron chi connectivity index (χ1n) is 5.87. The van der Waals surface area contributed by atoms with E-state index in [9.17, 15) is 14.9 Å². The van der Waals surface area contributed by atoms with E-state index in [0.717, 1.165) is 6.26 Å². The number of hydrogen-bond donors (Lipinski definition) is 1. The van der Waals surface area contributed by atoms with E-state index in [2.05, 4.69) is 11.6 Å². The van der Waals surface area contributed by atoms with Crippen molar-refractivity contribution in [2.24, 2.45) is 0 Å². The van der Waals surface area contributed by atoms with E-state index in [1.165, 1.54) is 24.4 Å². The molecule has 0 amide bonds. The van der Waals surface area contributed by atoms with E-state index in [4.69, 9.17) is 21.6 Å². The molecule has 0 unspecified atom stereocenters. The molecule has 2 rings (SSSR count). The number of ether oxygens (including phenoxy) is 1. The summed E-state index contributed by atoms with van der Waals surface area (Å²) >= 11 is 5.86. The van der Waals surface area contributed by atoms with Gasteiger partial charge in [-0.3, -0.25) is 10.1 Å². The second-order valence-electron chi connectivity index (χ2n) is 4.06. The van der Waals surface area contributed by atoms with Crippen molar-refractivity contribution in [1.29, 1.82) is 5.26 Å². The van der Waals surface area contributed by atoms with E-state index < -0.39 is 10.9 Å².